The van der Waals surface area contributed by atoms with Gasteiger partial charge in [-0.2, -0.15) is 0 Å². The van der Waals surface area contributed by atoms with Gasteiger partial charge in [0.25, 0.3) is 0 Å². The number of esters is 1. The monoisotopic (exact) mass is 277 g/mol. The summed E-state index contributed by atoms with van der Waals surface area (Å²) in [6.07, 6.45) is 8.81. The maximum absolute atomic E-state index is 12.1. The van der Waals surface area contributed by atoms with Gasteiger partial charge in [0, 0.05) is 18.3 Å². The smallest absolute Gasteiger partial charge is 0.324 e. The van der Waals surface area contributed by atoms with E-state index >= 15 is 0 Å². The molecule has 110 valence electrons. The highest BCUT2D eigenvalue weighted by Crippen LogP contribution is 2.22. The number of carbonyl (C=O) groups excluding carboxylic acids is 1. The quantitative estimate of drug-likeness (QED) is 0.800. The van der Waals surface area contributed by atoms with E-state index in [-0.39, 0.29) is 12.0 Å². The molecule has 0 aliphatic heterocycles. The molecule has 5 nitrogen and oxygen atoms in total. The molecule has 2 aliphatic carbocycles. The van der Waals surface area contributed by atoms with E-state index in [2.05, 4.69) is 14.9 Å². The van der Waals surface area contributed by atoms with E-state index in [1.807, 2.05) is 13.3 Å². The minimum absolute atomic E-state index is 0.141. The highest BCUT2D eigenvalue weighted by atomic mass is 16.5. The Hall–Kier alpha value is -1.36. The maximum Gasteiger partial charge on any atom is 0.324 e. The lowest BCUT2D eigenvalue weighted by atomic mass is 10.0. The van der Waals surface area contributed by atoms with Crippen molar-refractivity contribution in [2.75, 3.05) is 6.61 Å². The molecular formula is C15H23N3O2. The third-order valence-corrected chi connectivity index (χ3v) is 4.07. The Morgan fingerprint density at radius 1 is 1.50 bits per heavy atom. The molecule has 0 amide bonds. The van der Waals surface area contributed by atoms with Gasteiger partial charge in [-0.3, -0.25) is 4.79 Å². The van der Waals surface area contributed by atoms with Crippen molar-refractivity contribution >= 4 is 5.97 Å². The first kappa shape index (κ1) is 13.6. The first-order chi connectivity index (χ1) is 9.78. The third-order valence-electron chi connectivity index (χ3n) is 4.07. The lowest BCUT2D eigenvalue weighted by molar-refractivity contribution is -0.146. The van der Waals surface area contributed by atoms with Crippen LogP contribution in [0.2, 0.25) is 0 Å². The number of fused-ring (bicyclic) bond motifs is 1. The summed E-state index contributed by atoms with van der Waals surface area (Å²) in [4.78, 5) is 16.6. The molecule has 0 radical (unpaired) electrons. The molecule has 0 aromatic carbocycles. The molecule has 1 aromatic heterocycles. The van der Waals surface area contributed by atoms with Gasteiger partial charge in [-0.05, 0) is 45.4 Å². The van der Waals surface area contributed by atoms with E-state index in [0.29, 0.717) is 19.2 Å². The number of hydrogen-bond acceptors (Lipinski definition) is 4. The van der Waals surface area contributed by atoms with Crippen LogP contribution in [-0.2, 0) is 28.9 Å². The molecule has 20 heavy (non-hydrogen) atoms. The molecule has 1 fully saturated rings. The Morgan fingerprint density at radius 2 is 2.30 bits per heavy atom. The molecule has 1 heterocycles. The van der Waals surface area contributed by atoms with Crippen LogP contribution in [0.15, 0.2) is 6.33 Å². The second kappa shape index (κ2) is 5.95. The van der Waals surface area contributed by atoms with E-state index in [4.69, 9.17) is 4.74 Å². The zero-order chi connectivity index (χ0) is 13.9. The van der Waals surface area contributed by atoms with Gasteiger partial charge in [-0.25, -0.2) is 4.98 Å². The molecule has 0 spiro atoms. The van der Waals surface area contributed by atoms with Crippen LogP contribution in [0.1, 0.15) is 44.0 Å². The molecular weight excluding hydrogens is 254 g/mol. The number of carbonyl (C=O) groups is 1. The van der Waals surface area contributed by atoms with Crippen LogP contribution < -0.4 is 5.32 Å². The molecule has 0 saturated heterocycles. The van der Waals surface area contributed by atoms with Crippen molar-refractivity contribution in [1.29, 1.82) is 0 Å². The summed E-state index contributed by atoms with van der Waals surface area (Å²) in [5, 5.41) is 3.40. The van der Waals surface area contributed by atoms with Gasteiger partial charge in [0.2, 0.25) is 0 Å². The first-order valence-corrected chi connectivity index (χ1v) is 7.73. The summed E-state index contributed by atoms with van der Waals surface area (Å²) >= 11 is 0. The minimum Gasteiger partial charge on any atom is -0.465 e. The van der Waals surface area contributed by atoms with E-state index in [0.717, 1.165) is 25.7 Å². The van der Waals surface area contributed by atoms with Gasteiger partial charge in [-0.1, -0.05) is 0 Å². The minimum atomic E-state index is -0.248. The fraction of sp³-hybridized carbons (Fsp3) is 0.733. The number of nitrogens with one attached hydrogen (secondary N) is 1. The molecule has 2 aliphatic rings. The number of nitrogens with zero attached hydrogens (tertiary/aromatic N) is 2. The first-order valence-electron chi connectivity index (χ1n) is 7.73. The predicted octanol–water partition coefficient (Wildman–Crippen LogP) is 1.45. The van der Waals surface area contributed by atoms with Crippen LogP contribution in [0.4, 0.5) is 0 Å². The van der Waals surface area contributed by atoms with Crippen molar-refractivity contribution in [2.24, 2.45) is 0 Å². The van der Waals surface area contributed by atoms with E-state index in [1.54, 1.807) is 0 Å². The second-order valence-corrected chi connectivity index (χ2v) is 5.74. The largest absolute Gasteiger partial charge is 0.465 e. The molecule has 1 atom stereocenters. The van der Waals surface area contributed by atoms with Gasteiger partial charge in [0.1, 0.15) is 6.04 Å². The van der Waals surface area contributed by atoms with Crippen LogP contribution in [0.3, 0.4) is 0 Å². The van der Waals surface area contributed by atoms with Crippen LogP contribution in [0.25, 0.3) is 0 Å². The number of imidazole rings is 1. The molecule has 1 aromatic rings. The van der Waals surface area contributed by atoms with Crippen LogP contribution in [0, 0.1) is 0 Å². The van der Waals surface area contributed by atoms with Crippen molar-refractivity contribution in [3.05, 3.63) is 17.7 Å². The standard InChI is InChI=1S/C15H23N3O2/c1-2-20-15(19)13(17-11-7-8-11)9-18-10-16-12-5-3-4-6-14(12)18/h10-11,13,17H,2-9H2,1H3. The van der Waals surface area contributed by atoms with Crippen molar-refractivity contribution in [2.45, 2.75) is 64.1 Å². The summed E-state index contributed by atoms with van der Waals surface area (Å²) in [7, 11) is 0. The van der Waals surface area contributed by atoms with E-state index in [9.17, 15) is 4.79 Å². The number of hydrogen-bond donors (Lipinski definition) is 1. The molecule has 3 rings (SSSR count). The van der Waals surface area contributed by atoms with E-state index < -0.39 is 0 Å². The number of rotatable bonds is 6. The normalized spacial score (nSPS) is 19.4. The van der Waals surface area contributed by atoms with Crippen LogP contribution in [0.5, 0.6) is 0 Å². The fourth-order valence-corrected chi connectivity index (χ4v) is 2.86. The van der Waals surface area contributed by atoms with Gasteiger partial charge in [0.05, 0.1) is 18.6 Å². The summed E-state index contributed by atoms with van der Waals surface area (Å²) in [6.45, 7) is 2.92. The number of ether oxygens (including phenoxy) is 1. The SMILES string of the molecule is CCOC(=O)C(Cn1cnc2c1CCCC2)NC1CC1. The van der Waals surface area contributed by atoms with Crippen LogP contribution in [-0.4, -0.2) is 34.2 Å². The van der Waals surface area contributed by atoms with Gasteiger partial charge >= 0.3 is 5.97 Å². The summed E-state index contributed by atoms with van der Waals surface area (Å²) in [5.74, 6) is -0.141. The average Bonchev–Trinajstić information content (AvgIpc) is 3.18. The lowest BCUT2D eigenvalue weighted by Gasteiger charge is -2.20. The summed E-state index contributed by atoms with van der Waals surface area (Å²) in [5.41, 5.74) is 2.52. The highest BCUT2D eigenvalue weighted by molar-refractivity contribution is 5.75. The Balaban J connectivity index is 1.71. The molecule has 5 heteroatoms. The van der Waals surface area contributed by atoms with Crippen molar-refractivity contribution < 1.29 is 9.53 Å². The zero-order valence-electron chi connectivity index (χ0n) is 12.1. The molecule has 1 saturated carbocycles. The molecule has 1 N–H and O–H groups in total. The van der Waals surface area contributed by atoms with Crippen LogP contribution >= 0.6 is 0 Å². The van der Waals surface area contributed by atoms with Crippen molar-refractivity contribution in [3.8, 4) is 0 Å². The Morgan fingerprint density at radius 3 is 3.05 bits per heavy atom. The maximum atomic E-state index is 12.1. The van der Waals surface area contributed by atoms with Crippen molar-refractivity contribution in [3.63, 3.8) is 0 Å². The van der Waals surface area contributed by atoms with Gasteiger partial charge < -0.3 is 14.6 Å². The van der Waals surface area contributed by atoms with Gasteiger partial charge in [-0.15, -0.1) is 0 Å². The number of aryl methyl sites for hydroxylation is 1. The van der Waals surface area contributed by atoms with Crippen molar-refractivity contribution in [1.82, 2.24) is 14.9 Å². The Bertz CT molecular complexity index is 479. The topological polar surface area (TPSA) is 56.2 Å². The molecule has 1 unspecified atom stereocenters. The number of aromatic nitrogens is 2. The Kier molecular flexibility index (Phi) is 4.05. The Labute approximate surface area is 119 Å². The summed E-state index contributed by atoms with van der Waals surface area (Å²) < 4.78 is 7.33. The zero-order valence-corrected chi connectivity index (χ0v) is 12.1. The van der Waals surface area contributed by atoms with Gasteiger partial charge in [0.15, 0.2) is 0 Å². The lowest BCUT2D eigenvalue weighted by Crippen LogP contribution is -2.42. The predicted molar refractivity (Wildman–Crippen MR) is 75.4 cm³/mol. The third kappa shape index (κ3) is 3.03. The average molecular weight is 277 g/mol. The van der Waals surface area contributed by atoms with E-state index in [1.165, 1.54) is 24.2 Å². The molecule has 0 bridgehead atoms. The highest BCUT2D eigenvalue weighted by Gasteiger charge is 2.30. The fourth-order valence-electron chi connectivity index (χ4n) is 2.86. The second-order valence-electron chi connectivity index (χ2n) is 5.74. The summed E-state index contributed by atoms with van der Waals surface area (Å²) in [6, 6.07) is 0.242.